The highest BCUT2D eigenvalue weighted by molar-refractivity contribution is 5.86. The topological polar surface area (TPSA) is 58.4 Å². The predicted molar refractivity (Wildman–Crippen MR) is 74.9 cm³/mol. The van der Waals surface area contributed by atoms with E-state index in [0.29, 0.717) is 13.1 Å². The van der Waals surface area contributed by atoms with Crippen LogP contribution in [0, 0.1) is 5.92 Å². The van der Waals surface area contributed by atoms with Gasteiger partial charge in [0.05, 0.1) is 12.7 Å². The van der Waals surface area contributed by atoms with Crippen LogP contribution >= 0.6 is 0 Å². The van der Waals surface area contributed by atoms with Crippen LogP contribution in [0.1, 0.15) is 18.9 Å². The molecule has 1 aliphatic heterocycles. The van der Waals surface area contributed by atoms with E-state index >= 15 is 0 Å². The number of rotatable bonds is 5. The van der Waals surface area contributed by atoms with Gasteiger partial charge in [-0.05, 0) is 18.4 Å². The molecule has 1 aliphatic rings. The number of aryl methyl sites for hydroxylation is 1. The zero-order chi connectivity index (χ0) is 14.7. The molecular weight excluding hydrogens is 256 g/mol. The van der Waals surface area contributed by atoms with Gasteiger partial charge in [-0.2, -0.15) is 5.10 Å². The molecule has 0 aromatic carbocycles. The molecule has 1 aromatic heterocycles. The molecule has 1 atom stereocenters. The summed E-state index contributed by atoms with van der Waals surface area (Å²) < 4.78 is 1.75. The molecule has 0 saturated carbocycles. The number of hydrogen-bond acceptors (Lipinski definition) is 3. The fourth-order valence-electron chi connectivity index (χ4n) is 2.36. The molecule has 110 valence electrons. The number of likely N-dealkylation sites (N-methyl/N-ethyl adjacent to an activating group) is 1. The van der Waals surface area contributed by atoms with E-state index in [2.05, 4.69) is 5.10 Å². The van der Waals surface area contributed by atoms with E-state index in [1.807, 2.05) is 26.4 Å². The molecule has 6 heteroatoms. The lowest BCUT2D eigenvalue weighted by atomic mass is 10.1. The third-order valence-corrected chi connectivity index (χ3v) is 3.81. The van der Waals surface area contributed by atoms with Crippen molar-refractivity contribution in [1.82, 2.24) is 19.6 Å². The quantitative estimate of drug-likeness (QED) is 0.778. The first-order chi connectivity index (χ1) is 9.47. The van der Waals surface area contributed by atoms with Gasteiger partial charge >= 0.3 is 0 Å². The fourth-order valence-corrected chi connectivity index (χ4v) is 2.36. The SMILES string of the molecule is C[C@@H]1CCN(CC(=O)N(C)CCc2cnn(C)c2)C1=O. The van der Waals surface area contributed by atoms with Crippen molar-refractivity contribution in [3.05, 3.63) is 18.0 Å². The average molecular weight is 278 g/mol. The Bertz CT molecular complexity index is 497. The molecule has 2 rings (SSSR count). The van der Waals surface area contributed by atoms with Crippen LogP contribution in [0.4, 0.5) is 0 Å². The average Bonchev–Trinajstić information content (AvgIpc) is 2.96. The lowest BCUT2D eigenvalue weighted by Crippen LogP contribution is -2.40. The number of amides is 2. The van der Waals surface area contributed by atoms with Crippen LogP contribution in [0.5, 0.6) is 0 Å². The summed E-state index contributed by atoms with van der Waals surface area (Å²) in [4.78, 5) is 27.2. The highest BCUT2D eigenvalue weighted by Crippen LogP contribution is 2.16. The Morgan fingerprint density at radius 3 is 2.85 bits per heavy atom. The normalized spacial score (nSPS) is 18.6. The Morgan fingerprint density at radius 1 is 1.55 bits per heavy atom. The molecule has 0 radical (unpaired) electrons. The van der Waals surface area contributed by atoms with E-state index in [1.54, 1.807) is 21.5 Å². The minimum Gasteiger partial charge on any atom is -0.344 e. The molecule has 20 heavy (non-hydrogen) atoms. The monoisotopic (exact) mass is 278 g/mol. The number of aromatic nitrogens is 2. The van der Waals surface area contributed by atoms with Gasteiger partial charge in [-0.15, -0.1) is 0 Å². The number of likely N-dealkylation sites (tertiary alicyclic amines) is 1. The van der Waals surface area contributed by atoms with E-state index in [1.165, 1.54) is 0 Å². The van der Waals surface area contributed by atoms with Gasteiger partial charge in [0, 0.05) is 39.3 Å². The molecule has 0 spiro atoms. The van der Waals surface area contributed by atoms with Crippen LogP contribution in [0.3, 0.4) is 0 Å². The summed E-state index contributed by atoms with van der Waals surface area (Å²) in [6.45, 7) is 3.45. The van der Waals surface area contributed by atoms with E-state index in [-0.39, 0.29) is 24.3 Å². The highest BCUT2D eigenvalue weighted by Gasteiger charge is 2.29. The second-order valence-electron chi connectivity index (χ2n) is 5.54. The van der Waals surface area contributed by atoms with Crippen LogP contribution in [-0.4, -0.2) is 58.1 Å². The van der Waals surface area contributed by atoms with E-state index in [0.717, 1.165) is 18.4 Å². The largest absolute Gasteiger partial charge is 0.344 e. The summed E-state index contributed by atoms with van der Waals surface area (Å²) in [6.07, 6.45) is 5.39. The summed E-state index contributed by atoms with van der Waals surface area (Å²) in [7, 11) is 3.65. The smallest absolute Gasteiger partial charge is 0.241 e. The first-order valence-electron chi connectivity index (χ1n) is 6.97. The van der Waals surface area contributed by atoms with Crippen molar-refractivity contribution < 1.29 is 9.59 Å². The Balaban J connectivity index is 1.79. The zero-order valence-corrected chi connectivity index (χ0v) is 12.4. The van der Waals surface area contributed by atoms with Gasteiger partial charge in [0.2, 0.25) is 11.8 Å². The third-order valence-electron chi connectivity index (χ3n) is 3.81. The van der Waals surface area contributed by atoms with Crippen LogP contribution < -0.4 is 0 Å². The summed E-state index contributed by atoms with van der Waals surface area (Å²) in [5, 5.41) is 4.10. The second-order valence-corrected chi connectivity index (χ2v) is 5.54. The van der Waals surface area contributed by atoms with Crippen molar-refractivity contribution in [3.63, 3.8) is 0 Å². The van der Waals surface area contributed by atoms with Crippen molar-refractivity contribution in [2.75, 3.05) is 26.7 Å². The maximum atomic E-state index is 12.1. The molecule has 0 bridgehead atoms. The summed E-state index contributed by atoms with van der Waals surface area (Å²) in [5.41, 5.74) is 1.11. The van der Waals surface area contributed by atoms with Gasteiger partial charge in [0.1, 0.15) is 0 Å². The Kier molecular flexibility index (Phi) is 4.42. The summed E-state index contributed by atoms with van der Waals surface area (Å²) >= 11 is 0. The molecular formula is C14H22N4O2. The van der Waals surface area contributed by atoms with Crippen molar-refractivity contribution in [1.29, 1.82) is 0 Å². The highest BCUT2D eigenvalue weighted by atomic mass is 16.2. The van der Waals surface area contributed by atoms with Crippen LogP contribution in [0.15, 0.2) is 12.4 Å². The molecule has 1 saturated heterocycles. The first-order valence-corrected chi connectivity index (χ1v) is 6.97. The van der Waals surface area contributed by atoms with Gasteiger partial charge in [0.25, 0.3) is 0 Å². The van der Waals surface area contributed by atoms with Crippen LogP contribution in [0.2, 0.25) is 0 Å². The molecule has 1 aromatic rings. The van der Waals surface area contributed by atoms with Crippen molar-refractivity contribution in [3.8, 4) is 0 Å². The second kappa shape index (κ2) is 6.07. The van der Waals surface area contributed by atoms with Gasteiger partial charge in [-0.1, -0.05) is 6.92 Å². The lowest BCUT2D eigenvalue weighted by molar-refractivity contribution is -0.138. The Morgan fingerprint density at radius 2 is 2.30 bits per heavy atom. The molecule has 2 amide bonds. The standard InChI is InChI=1S/C14H22N4O2/c1-11-4-7-18(14(11)20)10-13(19)16(2)6-5-12-8-15-17(3)9-12/h8-9,11H,4-7,10H2,1-3H3/t11-/m1/s1. The zero-order valence-electron chi connectivity index (χ0n) is 12.4. The molecule has 1 fully saturated rings. The Hall–Kier alpha value is -1.85. The minimum absolute atomic E-state index is 0.00339. The van der Waals surface area contributed by atoms with E-state index in [4.69, 9.17) is 0 Å². The van der Waals surface area contributed by atoms with Crippen molar-refractivity contribution >= 4 is 11.8 Å². The molecule has 2 heterocycles. The number of hydrogen-bond donors (Lipinski definition) is 0. The minimum atomic E-state index is -0.00339. The molecule has 0 aliphatic carbocycles. The lowest BCUT2D eigenvalue weighted by Gasteiger charge is -2.21. The maximum absolute atomic E-state index is 12.1. The number of carbonyl (C=O) groups excluding carboxylic acids is 2. The van der Waals surface area contributed by atoms with Crippen molar-refractivity contribution in [2.45, 2.75) is 19.8 Å². The number of carbonyl (C=O) groups is 2. The molecule has 6 nitrogen and oxygen atoms in total. The maximum Gasteiger partial charge on any atom is 0.241 e. The fraction of sp³-hybridized carbons (Fsp3) is 0.643. The van der Waals surface area contributed by atoms with Gasteiger partial charge in [0.15, 0.2) is 0 Å². The molecule has 0 unspecified atom stereocenters. The van der Waals surface area contributed by atoms with E-state index < -0.39 is 0 Å². The predicted octanol–water partition coefficient (Wildman–Crippen LogP) is 0.289. The first kappa shape index (κ1) is 14.6. The van der Waals surface area contributed by atoms with Crippen LogP contribution in [-0.2, 0) is 23.1 Å². The van der Waals surface area contributed by atoms with Gasteiger partial charge in [-0.3, -0.25) is 14.3 Å². The number of nitrogens with zero attached hydrogens (tertiary/aromatic N) is 4. The Labute approximate surface area is 119 Å². The summed E-state index contributed by atoms with van der Waals surface area (Å²) in [6, 6.07) is 0. The van der Waals surface area contributed by atoms with Crippen LogP contribution in [0.25, 0.3) is 0 Å². The van der Waals surface area contributed by atoms with Gasteiger partial charge in [-0.25, -0.2) is 0 Å². The van der Waals surface area contributed by atoms with Gasteiger partial charge < -0.3 is 9.80 Å². The van der Waals surface area contributed by atoms with Crippen molar-refractivity contribution in [2.24, 2.45) is 13.0 Å². The van der Waals surface area contributed by atoms with E-state index in [9.17, 15) is 9.59 Å². The molecule has 0 N–H and O–H groups in total. The summed E-state index contributed by atoms with van der Waals surface area (Å²) in [5.74, 6) is 0.152. The third kappa shape index (κ3) is 3.37.